The molecule has 1 N–H and O–H groups in total. The van der Waals surface area contributed by atoms with E-state index in [9.17, 15) is 0 Å². The molecule has 0 radical (unpaired) electrons. The van der Waals surface area contributed by atoms with Crippen LogP contribution in [0.1, 0.15) is 38.5 Å². The highest BCUT2D eigenvalue weighted by atomic mass is 79.9. The van der Waals surface area contributed by atoms with Gasteiger partial charge in [-0.15, -0.1) is 0 Å². The molecule has 0 atom stereocenters. The van der Waals surface area contributed by atoms with Crippen LogP contribution in [-0.2, 0) is 0 Å². The van der Waals surface area contributed by atoms with Crippen LogP contribution in [-0.4, -0.2) is 6.04 Å². The van der Waals surface area contributed by atoms with Crippen LogP contribution in [0.25, 0.3) is 0 Å². The predicted octanol–water partition coefficient (Wildman–Crippen LogP) is 4.58. The van der Waals surface area contributed by atoms with E-state index in [1.54, 1.807) is 0 Å². The van der Waals surface area contributed by atoms with Gasteiger partial charge in [-0.3, -0.25) is 0 Å². The van der Waals surface area contributed by atoms with Crippen LogP contribution in [0, 0.1) is 0 Å². The number of hydrogen-bond acceptors (Lipinski definition) is 1. The zero-order valence-electron chi connectivity index (χ0n) is 9.01. The molecule has 1 aliphatic rings. The largest absolute Gasteiger partial charge is 0.382 e. The average Bonchev–Trinajstić information content (AvgIpc) is 2.46. The molecule has 2 rings (SSSR count). The Balaban J connectivity index is 1.95. The fourth-order valence-electron chi connectivity index (χ4n) is 2.24. The summed E-state index contributed by atoms with van der Waals surface area (Å²) in [5, 5.41) is 3.63. The SMILES string of the molecule is Brc1cccc(NC2CCCCCC2)c1. The van der Waals surface area contributed by atoms with Gasteiger partial charge in [0.1, 0.15) is 0 Å². The first-order chi connectivity index (χ1) is 7.34. The second kappa shape index (κ2) is 5.55. The van der Waals surface area contributed by atoms with E-state index in [2.05, 4.69) is 45.5 Å². The summed E-state index contributed by atoms with van der Waals surface area (Å²) >= 11 is 3.50. The molecule has 1 nitrogen and oxygen atoms in total. The molecule has 1 aliphatic carbocycles. The number of rotatable bonds is 2. The van der Waals surface area contributed by atoms with E-state index in [-0.39, 0.29) is 0 Å². The first-order valence-corrected chi connectivity index (χ1v) is 6.66. The van der Waals surface area contributed by atoms with Crippen LogP contribution in [0.4, 0.5) is 5.69 Å². The zero-order chi connectivity index (χ0) is 10.5. The lowest BCUT2D eigenvalue weighted by molar-refractivity contribution is 0.620. The van der Waals surface area contributed by atoms with Gasteiger partial charge < -0.3 is 5.32 Å². The molecule has 1 aromatic rings. The molecular formula is C13H18BrN. The summed E-state index contributed by atoms with van der Waals surface area (Å²) in [4.78, 5) is 0. The molecule has 1 saturated carbocycles. The summed E-state index contributed by atoms with van der Waals surface area (Å²) in [6.07, 6.45) is 8.24. The number of halogens is 1. The molecule has 0 aliphatic heterocycles. The van der Waals surface area contributed by atoms with Crippen molar-refractivity contribution in [1.82, 2.24) is 0 Å². The molecule has 0 bridgehead atoms. The topological polar surface area (TPSA) is 12.0 Å². The minimum absolute atomic E-state index is 0.682. The molecule has 0 amide bonds. The van der Waals surface area contributed by atoms with Gasteiger partial charge in [0.05, 0.1) is 0 Å². The van der Waals surface area contributed by atoms with Crippen molar-refractivity contribution < 1.29 is 0 Å². The van der Waals surface area contributed by atoms with Crippen molar-refractivity contribution in [3.8, 4) is 0 Å². The monoisotopic (exact) mass is 267 g/mol. The maximum Gasteiger partial charge on any atom is 0.0353 e. The van der Waals surface area contributed by atoms with Crippen molar-refractivity contribution in [2.24, 2.45) is 0 Å². The summed E-state index contributed by atoms with van der Waals surface area (Å²) in [6, 6.07) is 9.14. The van der Waals surface area contributed by atoms with Crippen LogP contribution >= 0.6 is 15.9 Å². The summed E-state index contributed by atoms with van der Waals surface area (Å²) in [7, 11) is 0. The maximum absolute atomic E-state index is 3.63. The van der Waals surface area contributed by atoms with Gasteiger partial charge in [0.25, 0.3) is 0 Å². The summed E-state index contributed by atoms with van der Waals surface area (Å²) in [6.45, 7) is 0. The highest BCUT2D eigenvalue weighted by molar-refractivity contribution is 9.10. The minimum atomic E-state index is 0.682. The van der Waals surface area contributed by atoms with E-state index in [1.165, 1.54) is 44.2 Å². The van der Waals surface area contributed by atoms with Gasteiger partial charge in [-0.05, 0) is 31.0 Å². The molecule has 0 aromatic heterocycles. The van der Waals surface area contributed by atoms with Crippen molar-refractivity contribution in [2.45, 2.75) is 44.6 Å². The van der Waals surface area contributed by atoms with Crippen molar-refractivity contribution in [3.63, 3.8) is 0 Å². The van der Waals surface area contributed by atoms with Crippen LogP contribution < -0.4 is 5.32 Å². The van der Waals surface area contributed by atoms with Gasteiger partial charge in [0.15, 0.2) is 0 Å². The lowest BCUT2D eigenvalue weighted by atomic mass is 10.1. The molecule has 0 spiro atoms. The molecule has 0 saturated heterocycles. The standard InChI is InChI=1S/C13H18BrN/c14-11-6-5-9-13(10-11)15-12-7-3-1-2-4-8-12/h5-6,9-10,12,15H,1-4,7-8H2. The number of hydrogen-bond donors (Lipinski definition) is 1. The summed E-state index contributed by atoms with van der Waals surface area (Å²) in [5.74, 6) is 0. The molecule has 1 aromatic carbocycles. The Morgan fingerprint density at radius 3 is 2.47 bits per heavy atom. The molecule has 2 heteroatoms. The van der Waals surface area contributed by atoms with Gasteiger partial charge in [-0.2, -0.15) is 0 Å². The second-order valence-electron chi connectivity index (χ2n) is 4.34. The highest BCUT2D eigenvalue weighted by Crippen LogP contribution is 2.22. The fraction of sp³-hybridized carbons (Fsp3) is 0.538. The summed E-state index contributed by atoms with van der Waals surface area (Å²) in [5.41, 5.74) is 1.25. The van der Waals surface area contributed by atoms with Gasteiger partial charge in [-0.25, -0.2) is 0 Å². The normalized spacial score (nSPS) is 18.5. The number of anilines is 1. The van der Waals surface area contributed by atoms with E-state index in [1.807, 2.05) is 0 Å². The predicted molar refractivity (Wildman–Crippen MR) is 69.3 cm³/mol. The quantitative estimate of drug-likeness (QED) is 0.774. The van der Waals surface area contributed by atoms with Crippen LogP contribution in [0.5, 0.6) is 0 Å². The zero-order valence-corrected chi connectivity index (χ0v) is 10.6. The number of nitrogens with one attached hydrogen (secondary N) is 1. The third-order valence-electron chi connectivity index (χ3n) is 3.05. The Kier molecular flexibility index (Phi) is 4.07. The van der Waals surface area contributed by atoms with Gasteiger partial charge >= 0.3 is 0 Å². The van der Waals surface area contributed by atoms with E-state index in [4.69, 9.17) is 0 Å². The molecule has 0 heterocycles. The van der Waals surface area contributed by atoms with Crippen LogP contribution in [0.3, 0.4) is 0 Å². The van der Waals surface area contributed by atoms with E-state index in [0.717, 1.165) is 4.47 Å². The minimum Gasteiger partial charge on any atom is -0.382 e. The van der Waals surface area contributed by atoms with Gasteiger partial charge in [0.2, 0.25) is 0 Å². The lowest BCUT2D eigenvalue weighted by Crippen LogP contribution is -2.17. The fourth-order valence-corrected chi connectivity index (χ4v) is 2.64. The molecular weight excluding hydrogens is 250 g/mol. The van der Waals surface area contributed by atoms with Crippen molar-refractivity contribution in [3.05, 3.63) is 28.7 Å². The Hall–Kier alpha value is -0.500. The Bertz CT molecular complexity index is 303. The van der Waals surface area contributed by atoms with Gasteiger partial charge in [-0.1, -0.05) is 47.7 Å². The number of benzene rings is 1. The van der Waals surface area contributed by atoms with Crippen LogP contribution in [0.2, 0.25) is 0 Å². The van der Waals surface area contributed by atoms with Crippen molar-refractivity contribution in [2.75, 3.05) is 5.32 Å². The Morgan fingerprint density at radius 2 is 1.80 bits per heavy atom. The van der Waals surface area contributed by atoms with Crippen molar-refractivity contribution >= 4 is 21.6 Å². The van der Waals surface area contributed by atoms with Crippen molar-refractivity contribution in [1.29, 1.82) is 0 Å². The molecule has 82 valence electrons. The Morgan fingerprint density at radius 1 is 1.07 bits per heavy atom. The third-order valence-corrected chi connectivity index (χ3v) is 3.54. The van der Waals surface area contributed by atoms with Gasteiger partial charge in [0, 0.05) is 16.2 Å². The Labute approximate surface area is 100 Å². The van der Waals surface area contributed by atoms with E-state index in [0.29, 0.717) is 6.04 Å². The molecule has 15 heavy (non-hydrogen) atoms. The molecule has 1 fully saturated rings. The average molecular weight is 268 g/mol. The first kappa shape index (κ1) is 11.0. The molecule has 0 unspecified atom stereocenters. The van der Waals surface area contributed by atoms with E-state index >= 15 is 0 Å². The third kappa shape index (κ3) is 3.53. The first-order valence-electron chi connectivity index (χ1n) is 5.87. The maximum atomic E-state index is 3.63. The van der Waals surface area contributed by atoms with E-state index < -0.39 is 0 Å². The highest BCUT2D eigenvalue weighted by Gasteiger charge is 2.11. The lowest BCUT2D eigenvalue weighted by Gasteiger charge is -2.17. The summed E-state index contributed by atoms with van der Waals surface area (Å²) < 4.78 is 1.15. The second-order valence-corrected chi connectivity index (χ2v) is 5.26. The smallest absolute Gasteiger partial charge is 0.0353 e. The van der Waals surface area contributed by atoms with Crippen LogP contribution in [0.15, 0.2) is 28.7 Å².